The van der Waals surface area contributed by atoms with Gasteiger partial charge in [0, 0.05) is 25.4 Å². The summed E-state index contributed by atoms with van der Waals surface area (Å²) in [7, 11) is -1.60. The van der Waals surface area contributed by atoms with E-state index in [9.17, 15) is 0 Å². The molecule has 0 unspecified atom stereocenters. The van der Waals surface area contributed by atoms with E-state index in [0.717, 1.165) is 31.9 Å². The SMILES string of the molecule is CCN(CCCCCO[Si](C)(C)C(C)(C)C)c1ccc(/C=C/c2ccco2)cc1. The maximum atomic E-state index is 6.29. The third-order valence-corrected chi connectivity index (χ3v) is 10.5. The van der Waals surface area contributed by atoms with Crippen LogP contribution in [0, 0.1) is 0 Å². The van der Waals surface area contributed by atoms with Crippen molar-refractivity contribution < 1.29 is 8.84 Å². The number of nitrogens with zero attached hydrogens (tertiary/aromatic N) is 1. The van der Waals surface area contributed by atoms with Crippen LogP contribution < -0.4 is 4.90 Å². The molecule has 1 aromatic heterocycles. The minimum absolute atomic E-state index is 0.297. The van der Waals surface area contributed by atoms with E-state index in [1.165, 1.54) is 24.1 Å². The highest BCUT2D eigenvalue weighted by molar-refractivity contribution is 6.74. The van der Waals surface area contributed by atoms with E-state index in [1.807, 2.05) is 18.2 Å². The summed E-state index contributed by atoms with van der Waals surface area (Å²) >= 11 is 0. The standard InChI is InChI=1S/C25H39NO2Si/c1-7-26(19-9-8-10-21-28-29(5,6)25(2,3)4)23-16-13-22(14-17-23)15-18-24-12-11-20-27-24/h11-18,20H,7-10,19,21H2,1-6H3/b18-15+. The summed E-state index contributed by atoms with van der Waals surface area (Å²) in [6.45, 7) is 16.8. The highest BCUT2D eigenvalue weighted by atomic mass is 28.4. The first kappa shape index (κ1) is 23.5. The van der Waals surface area contributed by atoms with Gasteiger partial charge in [-0.3, -0.25) is 0 Å². The molecular formula is C25H39NO2Si. The predicted molar refractivity (Wildman–Crippen MR) is 129 cm³/mol. The van der Waals surface area contributed by atoms with Gasteiger partial charge in [-0.2, -0.15) is 0 Å². The zero-order valence-corrected chi connectivity index (χ0v) is 20.2. The fourth-order valence-corrected chi connectivity index (χ4v) is 4.04. The van der Waals surface area contributed by atoms with Crippen LogP contribution in [0.5, 0.6) is 0 Å². The van der Waals surface area contributed by atoms with E-state index in [2.05, 4.69) is 76.0 Å². The number of unbranched alkanes of at least 4 members (excludes halogenated alkanes) is 2. The molecule has 0 N–H and O–H groups in total. The van der Waals surface area contributed by atoms with Crippen molar-refractivity contribution in [1.82, 2.24) is 0 Å². The summed E-state index contributed by atoms with van der Waals surface area (Å²) in [4.78, 5) is 2.45. The van der Waals surface area contributed by atoms with Gasteiger partial charge in [0.05, 0.1) is 6.26 Å². The van der Waals surface area contributed by atoms with Crippen LogP contribution in [0.25, 0.3) is 12.2 Å². The van der Waals surface area contributed by atoms with E-state index in [1.54, 1.807) is 6.26 Å². The highest BCUT2D eigenvalue weighted by Gasteiger charge is 2.36. The molecule has 0 atom stereocenters. The van der Waals surface area contributed by atoms with Gasteiger partial charge in [0.15, 0.2) is 8.32 Å². The Hall–Kier alpha value is -1.78. The molecule has 0 amide bonds. The lowest BCUT2D eigenvalue weighted by Crippen LogP contribution is -2.40. The Bertz CT molecular complexity index is 727. The van der Waals surface area contributed by atoms with Crippen molar-refractivity contribution in [2.45, 2.75) is 65.1 Å². The average molecular weight is 414 g/mol. The molecule has 0 spiro atoms. The number of furan rings is 1. The van der Waals surface area contributed by atoms with Crippen LogP contribution in [0.3, 0.4) is 0 Å². The molecule has 0 bridgehead atoms. The van der Waals surface area contributed by atoms with Gasteiger partial charge in [0.25, 0.3) is 0 Å². The average Bonchev–Trinajstić information content (AvgIpc) is 3.19. The van der Waals surface area contributed by atoms with Crippen LogP contribution in [-0.4, -0.2) is 28.0 Å². The number of anilines is 1. The molecule has 0 saturated heterocycles. The zero-order valence-electron chi connectivity index (χ0n) is 19.2. The van der Waals surface area contributed by atoms with Gasteiger partial charge in [-0.15, -0.1) is 0 Å². The van der Waals surface area contributed by atoms with Gasteiger partial charge in [-0.25, -0.2) is 0 Å². The normalized spacial score (nSPS) is 12.6. The number of benzene rings is 1. The second-order valence-corrected chi connectivity index (χ2v) is 14.0. The zero-order chi connectivity index (χ0) is 21.3. The molecule has 0 aliphatic rings. The number of hydrogen-bond donors (Lipinski definition) is 0. The van der Waals surface area contributed by atoms with E-state index < -0.39 is 8.32 Å². The molecule has 160 valence electrons. The molecule has 2 rings (SSSR count). The van der Waals surface area contributed by atoms with Crippen LogP contribution in [0.2, 0.25) is 18.1 Å². The molecule has 0 aliphatic heterocycles. The fraction of sp³-hybridized carbons (Fsp3) is 0.520. The van der Waals surface area contributed by atoms with Crippen molar-refractivity contribution >= 4 is 26.2 Å². The molecule has 3 nitrogen and oxygen atoms in total. The van der Waals surface area contributed by atoms with Gasteiger partial charge in [-0.1, -0.05) is 39.0 Å². The number of rotatable bonds is 11. The Morgan fingerprint density at radius 1 is 1.00 bits per heavy atom. The third-order valence-electron chi connectivity index (χ3n) is 5.96. The van der Waals surface area contributed by atoms with Crippen molar-refractivity contribution in [1.29, 1.82) is 0 Å². The van der Waals surface area contributed by atoms with E-state index in [-0.39, 0.29) is 0 Å². The van der Waals surface area contributed by atoms with Gasteiger partial charge in [0.2, 0.25) is 0 Å². The van der Waals surface area contributed by atoms with Crippen molar-refractivity contribution in [3.05, 3.63) is 54.0 Å². The second-order valence-electron chi connectivity index (χ2n) is 9.19. The molecule has 0 saturated carbocycles. The monoisotopic (exact) mass is 413 g/mol. The van der Waals surface area contributed by atoms with E-state index in [0.29, 0.717) is 5.04 Å². The predicted octanol–water partition coefficient (Wildman–Crippen LogP) is 7.47. The first-order valence-electron chi connectivity index (χ1n) is 10.9. The van der Waals surface area contributed by atoms with Crippen LogP contribution in [0.1, 0.15) is 58.3 Å². The summed E-state index contributed by atoms with van der Waals surface area (Å²) in [5.41, 5.74) is 2.48. The Kier molecular flexibility index (Phi) is 8.78. The summed E-state index contributed by atoms with van der Waals surface area (Å²) in [5, 5.41) is 0.297. The quantitative estimate of drug-likeness (QED) is 0.282. The minimum Gasteiger partial charge on any atom is -0.465 e. The summed E-state index contributed by atoms with van der Waals surface area (Å²) in [6, 6.07) is 12.6. The Morgan fingerprint density at radius 2 is 1.72 bits per heavy atom. The van der Waals surface area contributed by atoms with Gasteiger partial charge >= 0.3 is 0 Å². The highest BCUT2D eigenvalue weighted by Crippen LogP contribution is 2.36. The van der Waals surface area contributed by atoms with Crippen molar-refractivity contribution in [2.24, 2.45) is 0 Å². The maximum absolute atomic E-state index is 6.29. The van der Waals surface area contributed by atoms with Crippen LogP contribution in [0.15, 0.2) is 47.1 Å². The molecule has 29 heavy (non-hydrogen) atoms. The topological polar surface area (TPSA) is 25.6 Å². The van der Waals surface area contributed by atoms with Crippen LogP contribution in [-0.2, 0) is 4.43 Å². The van der Waals surface area contributed by atoms with Crippen molar-refractivity contribution in [3.63, 3.8) is 0 Å². The molecule has 4 heteroatoms. The molecular weight excluding hydrogens is 374 g/mol. The third kappa shape index (κ3) is 7.52. The molecule has 1 aromatic carbocycles. The fourth-order valence-electron chi connectivity index (χ4n) is 2.96. The van der Waals surface area contributed by atoms with Crippen LogP contribution >= 0.6 is 0 Å². The molecule has 0 fully saturated rings. The molecule has 1 heterocycles. The van der Waals surface area contributed by atoms with E-state index >= 15 is 0 Å². The molecule has 2 aromatic rings. The lowest BCUT2D eigenvalue weighted by molar-refractivity contribution is 0.278. The van der Waals surface area contributed by atoms with Gasteiger partial charge in [-0.05, 0) is 80.2 Å². The maximum Gasteiger partial charge on any atom is 0.191 e. The summed E-state index contributed by atoms with van der Waals surface area (Å²) in [6.07, 6.45) is 9.35. The van der Waals surface area contributed by atoms with Gasteiger partial charge < -0.3 is 13.7 Å². The van der Waals surface area contributed by atoms with Crippen LogP contribution in [0.4, 0.5) is 5.69 Å². The van der Waals surface area contributed by atoms with E-state index in [4.69, 9.17) is 8.84 Å². The van der Waals surface area contributed by atoms with Crippen molar-refractivity contribution in [3.8, 4) is 0 Å². The van der Waals surface area contributed by atoms with Gasteiger partial charge in [0.1, 0.15) is 5.76 Å². The largest absolute Gasteiger partial charge is 0.465 e. The first-order valence-corrected chi connectivity index (χ1v) is 13.8. The second kappa shape index (κ2) is 10.8. The number of hydrogen-bond acceptors (Lipinski definition) is 3. The van der Waals surface area contributed by atoms with Crippen molar-refractivity contribution in [2.75, 3.05) is 24.6 Å². The minimum atomic E-state index is -1.60. The smallest absolute Gasteiger partial charge is 0.191 e. The molecule has 0 aliphatic carbocycles. The Morgan fingerprint density at radius 3 is 2.31 bits per heavy atom. The summed E-state index contributed by atoms with van der Waals surface area (Å²) < 4.78 is 11.6. The summed E-state index contributed by atoms with van der Waals surface area (Å²) in [5.74, 6) is 0.877. The molecule has 0 radical (unpaired) electrons. The Balaban J connectivity index is 1.74. The first-order chi connectivity index (χ1) is 13.7. The lowest BCUT2D eigenvalue weighted by Gasteiger charge is -2.36. The Labute approximate surface area is 178 Å². The lowest BCUT2D eigenvalue weighted by atomic mass is 10.1.